The van der Waals surface area contributed by atoms with Crippen LogP contribution in [0.25, 0.3) is 0 Å². The van der Waals surface area contributed by atoms with Crippen LogP contribution >= 0.6 is 11.6 Å². The van der Waals surface area contributed by atoms with Crippen molar-refractivity contribution in [2.45, 2.75) is 82.6 Å². The number of halogens is 1. The number of carbonyl (C=O) groups excluding carboxylic acids is 3. The maximum Gasteiger partial charge on any atom is 0.246 e. The van der Waals surface area contributed by atoms with Gasteiger partial charge in [0.05, 0.1) is 17.9 Å². The van der Waals surface area contributed by atoms with E-state index in [2.05, 4.69) is 29.4 Å². The van der Waals surface area contributed by atoms with E-state index in [9.17, 15) is 14.4 Å². The van der Waals surface area contributed by atoms with Gasteiger partial charge in [-0.25, -0.2) is 0 Å². The summed E-state index contributed by atoms with van der Waals surface area (Å²) in [5.74, 6) is -2.07. The molecule has 3 aliphatic heterocycles. The highest BCUT2D eigenvalue weighted by Gasteiger charge is 2.72. The molecule has 1 aromatic carbocycles. The van der Waals surface area contributed by atoms with Gasteiger partial charge in [0.1, 0.15) is 11.6 Å². The third-order valence-electron chi connectivity index (χ3n) is 8.73. The Kier molecular flexibility index (Phi) is 8.64. The standard InChI is InChI=1S/C30H41ClN4O4/c1-3-16-34(17-4-2)18-19-35-26(28(37)33-21-8-6-5-7-9-21)30-15-14-23(39-30)24(25(30)29(35)38)27(36)32-22-12-10-20(31)11-13-22/h10-15,21,23-26H,3-9,16-19H2,1-2H3,(H,32,36)(H,33,37)/t23-,24-,25-,26+,30-/m0/s1. The molecule has 3 heterocycles. The first-order valence-electron chi connectivity index (χ1n) is 14.6. The predicted molar refractivity (Wildman–Crippen MR) is 151 cm³/mol. The number of nitrogens with one attached hydrogen (secondary N) is 2. The van der Waals surface area contributed by atoms with Crippen LogP contribution in [0, 0.1) is 11.8 Å². The summed E-state index contributed by atoms with van der Waals surface area (Å²) in [5.41, 5.74) is -0.531. The molecule has 2 bridgehead atoms. The predicted octanol–water partition coefficient (Wildman–Crippen LogP) is 4.00. The van der Waals surface area contributed by atoms with Crippen molar-refractivity contribution in [2.75, 3.05) is 31.5 Å². The topological polar surface area (TPSA) is 91.0 Å². The molecule has 4 aliphatic rings. The Hall–Kier alpha value is -2.42. The zero-order valence-corrected chi connectivity index (χ0v) is 23.8. The number of hydrogen-bond donors (Lipinski definition) is 2. The highest BCUT2D eigenvalue weighted by atomic mass is 35.5. The fraction of sp³-hybridized carbons (Fsp3) is 0.633. The van der Waals surface area contributed by atoms with Gasteiger partial charge in [-0.2, -0.15) is 0 Å². The van der Waals surface area contributed by atoms with E-state index in [1.807, 2.05) is 12.2 Å². The van der Waals surface area contributed by atoms with Crippen molar-refractivity contribution >= 4 is 35.0 Å². The minimum Gasteiger partial charge on any atom is -0.359 e. The number of benzene rings is 1. The summed E-state index contributed by atoms with van der Waals surface area (Å²) in [5, 5.41) is 6.77. The van der Waals surface area contributed by atoms with Crippen LogP contribution in [0.2, 0.25) is 5.02 Å². The number of amides is 3. The monoisotopic (exact) mass is 556 g/mol. The van der Waals surface area contributed by atoms with Crippen molar-refractivity contribution in [3.8, 4) is 0 Å². The minimum absolute atomic E-state index is 0.113. The van der Waals surface area contributed by atoms with Crippen molar-refractivity contribution in [1.29, 1.82) is 0 Å². The molecule has 9 heteroatoms. The lowest BCUT2D eigenvalue weighted by Gasteiger charge is -2.35. The molecule has 0 radical (unpaired) electrons. The lowest BCUT2D eigenvalue weighted by Crippen LogP contribution is -2.57. The Bertz CT molecular complexity index is 1080. The van der Waals surface area contributed by atoms with E-state index in [-0.39, 0.29) is 23.8 Å². The van der Waals surface area contributed by atoms with Crippen molar-refractivity contribution in [1.82, 2.24) is 15.1 Å². The minimum atomic E-state index is -1.14. The first kappa shape index (κ1) is 28.1. The molecular formula is C30H41ClN4O4. The first-order chi connectivity index (χ1) is 18.9. The zero-order valence-electron chi connectivity index (χ0n) is 23.0. The molecule has 8 nitrogen and oxygen atoms in total. The lowest BCUT2D eigenvalue weighted by molar-refractivity contribution is -0.141. The number of carbonyl (C=O) groups is 3. The van der Waals surface area contributed by atoms with Crippen LogP contribution in [0.5, 0.6) is 0 Å². The van der Waals surface area contributed by atoms with E-state index in [0.717, 1.165) is 51.6 Å². The van der Waals surface area contributed by atoms with Crippen LogP contribution in [0.15, 0.2) is 36.4 Å². The van der Waals surface area contributed by atoms with Crippen molar-refractivity contribution in [2.24, 2.45) is 11.8 Å². The highest BCUT2D eigenvalue weighted by molar-refractivity contribution is 6.30. The van der Waals surface area contributed by atoms with E-state index < -0.39 is 29.6 Å². The van der Waals surface area contributed by atoms with Crippen LogP contribution < -0.4 is 10.6 Å². The van der Waals surface area contributed by atoms with Crippen molar-refractivity contribution in [3.05, 3.63) is 41.4 Å². The first-order valence-corrected chi connectivity index (χ1v) is 15.0. The second-order valence-electron chi connectivity index (χ2n) is 11.4. The maximum atomic E-state index is 14.1. The fourth-order valence-corrected chi connectivity index (χ4v) is 7.14. The molecule has 1 aromatic rings. The van der Waals surface area contributed by atoms with E-state index in [0.29, 0.717) is 23.8 Å². The SMILES string of the molecule is CCCN(CCC)CCN1C(=O)[C@@H]2[C@@H](C(=O)Nc3ccc(Cl)cc3)[C@@H]3C=C[C@@]2(O3)[C@H]1C(=O)NC1CCCCC1. The average Bonchev–Trinajstić information content (AvgIpc) is 3.56. The molecule has 5 atom stereocenters. The molecule has 5 rings (SSSR count). The van der Waals surface area contributed by atoms with Gasteiger partial charge in [0.2, 0.25) is 17.7 Å². The van der Waals surface area contributed by atoms with Crippen molar-refractivity contribution in [3.63, 3.8) is 0 Å². The Balaban J connectivity index is 1.41. The normalized spacial score (nSPS) is 29.7. The van der Waals surface area contributed by atoms with Crippen LogP contribution in [0.1, 0.15) is 58.8 Å². The number of anilines is 1. The molecule has 0 unspecified atom stereocenters. The molecule has 0 aromatic heterocycles. The lowest BCUT2D eigenvalue weighted by atomic mass is 9.74. The summed E-state index contributed by atoms with van der Waals surface area (Å²) in [7, 11) is 0. The van der Waals surface area contributed by atoms with Crippen LogP contribution in [0.4, 0.5) is 5.69 Å². The fourth-order valence-electron chi connectivity index (χ4n) is 7.01. The summed E-state index contributed by atoms with van der Waals surface area (Å²) in [6, 6.07) is 6.21. The largest absolute Gasteiger partial charge is 0.359 e. The van der Waals surface area contributed by atoms with Gasteiger partial charge in [-0.15, -0.1) is 0 Å². The number of hydrogen-bond acceptors (Lipinski definition) is 5. The number of likely N-dealkylation sites (tertiary alicyclic amines) is 1. The molecule has 212 valence electrons. The summed E-state index contributed by atoms with van der Waals surface area (Å²) in [4.78, 5) is 45.7. The summed E-state index contributed by atoms with van der Waals surface area (Å²) < 4.78 is 6.47. The number of rotatable bonds is 11. The molecule has 1 saturated carbocycles. The van der Waals surface area contributed by atoms with Gasteiger partial charge in [-0.3, -0.25) is 14.4 Å². The van der Waals surface area contributed by atoms with E-state index in [1.165, 1.54) is 6.42 Å². The van der Waals surface area contributed by atoms with Crippen LogP contribution in [-0.2, 0) is 19.1 Å². The Labute approximate surface area is 236 Å². The number of fused-ring (bicyclic) bond motifs is 1. The van der Waals surface area contributed by atoms with Crippen LogP contribution in [0.3, 0.4) is 0 Å². The summed E-state index contributed by atoms with van der Waals surface area (Å²) in [6.45, 7) is 7.27. The number of ether oxygens (including phenoxy) is 1. The van der Waals surface area contributed by atoms with Gasteiger partial charge in [0.25, 0.3) is 0 Å². The highest BCUT2D eigenvalue weighted by Crippen LogP contribution is 2.55. The molecule has 1 aliphatic carbocycles. The molecule has 2 N–H and O–H groups in total. The molecule has 3 amide bonds. The maximum absolute atomic E-state index is 14.1. The molecule has 3 fully saturated rings. The third kappa shape index (κ3) is 5.48. The van der Waals surface area contributed by atoms with Gasteiger partial charge < -0.3 is 25.2 Å². The van der Waals surface area contributed by atoms with E-state index in [4.69, 9.17) is 16.3 Å². The van der Waals surface area contributed by atoms with Crippen LogP contribution in [-0.4, -0.2) is 77.5 Å². The summed E-state index contributed by atoms with van der Waals surface area (Å²) >= 11 is 6.01. The van der Waals surface area contributed by atoms with E-state index in [1.54, 1.807) is 29.2 Å². The van der Waals surface area contributed by atoms with Gasteiger partial charge in [-0.1, -0.05) is 56.9 Å². The van der Waals surface area contributed by atoms with E-state index >= 15 is 0 Å². The zero-order chi connectivity index (χ0) is 27.6. The van der Waals surface area contributed by atoms with Gasteiger partial charge >= 0.3 is 0 Å². The molecular weight excluding hydrogens is 516 g/mol. The average molecular weight is 557 g/mol. The Morgan fingerprint density at radius 3 is 2.41 bits per heavy atom. The smallest absolute Gasteiger partial charge is 0.246 e. The third-order valence-corrected chi connectivity index (χ3v) is 8.98. The second-order valence-corrected chi connectivity index (χ2v) is 11.9. The Morgan fingerprint density at radius 2 is 1.74 bits per heavy atom. The summed E-state index contributed by atoms with van der Waals surface area (Å²) in [6.07, 6.45) is 10.5. The molecule has 39 heavy (non-hydrogen) atoms. The molecule has 2 saturated heterocycles. The van der Waals surface area contributed by atoms with Gasteiger partial charge in [0, 0.05) is 29.8 Å². The Morgan fingerprint density at radius 1 is 1.05 bits per heavy atom. The van der Waals surface area contributed by atoms with Gasteiger partial charge in [0.15, 0.2) is 0 Å². The quantitative estimate of drug-likeness (QED) is 0.402. The van der Waals surface area contributed by atoms with Gasteiger partial charge in [-0.05, 0) is 63.0 Å². The number of nitrogens with zero attached hydrogens (tertiary/aromatic N) is 2. The second kappa shape index (κ2) is 12.0. The van der Waals surface area contributed by atoms with Crippen molar-refractivity contribution < 1.29 is 19.1 Å². The molecule has 1 spiro atoms.